The van der Waals surface area contributed by atoms with Crippen molar-refractivity contribution in [2.75, 3.05) is 0 Å². The third kappa shape index (κ3) is 12.2. The van der Waals surface area contributed by atoms with Gasteiger partial charge in [0.15, 0.2) is 0 Å². The zero-order valence-electron chi connectivity index (χ0n) is 16.8. The Hall–Kier alpha value is -0.371. The first-order valence-electron chi connectivity index (χ1n) is 10.0. The maximum Gasteiger partial charge on any atom is 0.281 e. The van der Waals surface area contributed by atoms with E-state index in [0.29, 0.717) is 7.92 Å². The predicted octanol–water partition coefficient (Wildman–Crippen LogP) is 4.88. The van der Waals surface area contributed by atoms with Crippen LogP contribution < -0.4 is 0 Å². The summed E-state index contributed by atoms with van der Waals surface area (Å²) in [5, 5.41) is 0. The second kappa shape index (κ2) is 24.7. The standard InChI is InChI=1S/C18H33P.4CO.Mn/c1-4-10-16(11-5-1)19(17-12-6-2-7-13-17)18-14-8-3-9-15-18;4*1-2;/h16-18H,1-15H2;;;;;. The maximum atomic E-state index is 7.50. The molecule has 0 aromatic rings. The average Bonchev–Trinajstić information content (AvgIpc) is 2.82. The van der Waals surface area contributed by atoms with Crippen LogP contribution in [0.4, 0.5) is 0 Å². The van der Waals surface area contributed by atoms with Gasteiger partial charge in [0.25, 0.3) is 27.2 Å². The molecule has 9 radical (unpaired) electrons. The van der Waals surface area contributed by atoms with E-state index in [1.807, 2.05) is 0 Å². The van der Waals surface area contributed by atoms with Crippen molar-refractivity contribution >= 4 is 35.1 Å². The third-order valence-corrected chi connectivity index (χ3v) is 10.1. The fourth-order valence-corrected chi connectivity index (χ4v) is 9.71. The molecule has 0 saturated heterocycles. The molecular weight excluding hydrogens is 414 g/mol. The van der Waals surface area contributed by atoms with Gasteiger partial charge < -0.3 is 0 Å². The van der Waals surface area contributed by atoms with E-state index in [4.69, 9.17) is 19.2 Å². The molecule has 0 aromatic heterocycles. The van der Waals surface area contributed by atoms with Crippen molar-refractivity contribution in [2.45, 2.75) is 113 Å². The van der Waals surface area contributed by atoms with Gasteiger partial charge in [-0.1, -0.05) is 65.7 Å². The molecule has 0 aromatic carbocycles. The molecule has 3 aliphatic carbocycles. The molecule has 3 aliphatic rings. The summed E-state index contributed by atoms with van der Waals surface area (Å²) in [4.78, 5) is 30.0. The molecule has 0 amide bonds. The van der Waals surface area contributed by atoms with Crippen LogP contribution in [0.15, 0.2) is 0 Å². The van der Waals surface area contributed by atoms with Crippen molar-refractivity contribution in [3.05, 3.63) is 0 Å². The van der Waals surface area contributed by atoms with Crippen LogP contribution in [0, 0.1) is 0 Å². The summed E-state index contributed by atoms with van der Waals surface area (Å²) in [7, 11) is 0.385. The summed E-state index contributed by atoms with van der Waals surface area (Å²) in [6.45, 7) is 18.0. The van der Waals surface area contributed by atoms with Crippen LogP contribution >= 0.6 is 7.92 Å². The van der Waals surface area contributed by atoms with Crippen LogP contribution in [0.3, 0.4) is 0 Å². The Kier molecular flexibility index (Phi) is 28.5. The first kappa shape index (κ1) is 32.3. The SMILES string of the molecule is C1CCC(P(C2CCCCC2)C2CCCCC2)CC1.[C]=O.[C]=O.[C]=O.[C]=O.[Mn]. The molecule has 0 unspecified atom stereocenters. The zero-order valence-corrected chi connectivity index (χ0v) is 18.9. The van der Waals surface area contributed by atoms with Crippen LogP contribution in [0.5, 0.6) is 0 Å². The summed E-state index contributed by atoms with van der Waals surface area (Å²) in [6, 6.07) is 0. The van der Waals surface area contributed by atoms with Crippen molar-refractivity contribution < 1.29 is 36.2 Å². The van der Waals surface area contributed by atoms with Gasteiger partial charge in [-0.3, -0.25) is 19.2 Å². The van der Waals surface area contributed by atoms with Crippen LogP contribution in [-0.2, 0) is 36.2 Å². The van der Waals surface area contributed by atoms with Crippen molar-refractivity contribution in [3.8, 4) is 0 Å². The van der Waals surface area contributed by atoms with Gasteiger partial charge in [0, 0.05) is 17.1 Å². The van der Waals surface area contributed by atoms with E-state index in [1.54, 1.807) is 77.0 Å². The Balaban J connectivity index is -0.000000622. The topological polar surface area (TPSA) is 68.3 Å². The molecule has 3 rings (SSSR count). The van der Waals surface area contributed by atoms with E-state index in [2.05, 4.69) is 27.2 Å². The van der Waals surface area contributed by atoms with E-state index < -0.39 is 0 Å². The normalized spacial score (nSPS) is 20.2. The molecule has 6 heteroatoms. The summed E-state index contributed by atoms with van der Waals surface area (Å²) in [5.41, 5.74) is 3.57. The fourth-order valence-electron chi connectivity index (χ4n) is 5.03. The quantitative estimate of drug-likeness (QED) is 0.457. The van der Waals surface area contributed by atoms with Crippen LogP contribution in [-0.4, -0.2) is 44.1 Å². The molecule has 0 spiro atoms. The van der Waals surface area contributed by atoms with Gasteiger partial charge in [-0.2, -0.15) is 0 Å². The summed E-state index contributed by atoms with van der Waals surface area (Å²) < 4.78 is 0. The molecule has 3 saturated carbocycles. The second-order valence-corrected chi connectivity index (χ2v) is 10.4. The van der Waals surface area contributed by atoms with Gasteiger partial charge >= 0.3 is 0 Å². The zero-order chi connectivity index (χ0) is 20.9. The minimum absolute atomic E-state index is 0. The largest absolute Gasteiger partial charge is 0.281 e. The number of hydrogen-bond donors (Lipinski definition) is 0. The Morgan fingerprint density at radius 1 is 0.393 bits per heavy atom. The van der Waals surface area contributed by atoms with E-state index in [9.17, 15) is 0 Å². The minimum Gasteiger partial charge on any atom is -0.281 e. The summed E-state index contributed by atoms with van der Waals surface area (Å²) in [5.74, 6) is 0. The van der Waals surface area contributed by atoms with Gasteiger partial charge in [-0.15, -0.1) is 0 Å². The summed E-state index contributed by atoms with van der Waals surface area (Å²) in [6.07, 6.45) is 23.6. The molecule has 0 heterocycles. The Labute approximate surface area is 184 Å². The van der Waals surface area contributed by atoms with Crippen LogP contribution in [0.1, 0.15) is 96.3 Å². The Morgan fingerprint density at radius 3 is 0.750 bits per heavy atom. The molecule has 3 fully saturated rings. The molecular formula is C22H33MnO4P. The van der Waals surface area contributed by atoms with Crippen molar-refractivity contribution in [1.29, 1.82) is 0 Å². The van der Waals surface area contributed by atoms with Gasteiger partial charge in [-0.25, -0.2) is 0 Å². The molecule has 157 valence electrons. The van der Waals surface area contributed by atoms with Crippen LogP contribution in [0.25, 0.3) is 0 Å². The van der Waals surface area contributed by atoms with E-state index >= 15 is 0 Å². The van der Waals surface area contributed by atoms with Crippen molar-refractivity contribution in [1.82, 2.24) is 0 Å². The van der Waals surface area contributed by atoms with Gasteiger partial charge in [0.1, 0.15) is 0 Å². The summed E-state index contributed by atoms with van der Waals surface area (Å²) >= 11 is 0. The molecule has 28 heavy (non-hydrogen) atoms. The average molecular weight is 447 g/mol. The Morgan fingerprint density at radius 2 is 0.571 bits per heavy atom. The van der Waals surface area contributed by atoms with Gasteiger partial charge in [0.05, 0.1) is 0 Å². The smallest absolute Gasteiger partial charge is 0.281 e. The monoisotopic (exact) mass is 447 g/mol. The third-order valence-electron chi connectivity index (χ3n) is 5.99. The first-order chi connectivity index (χ1) is 13.4. The van der Waals surface area contributed by atoms with Gasteiger partial charge in [0.2, 0.25) is 0 Å². The number of carbonyl (C=O) groups excluding carboxylic acids is 4. The molecule has 0 N–H and O–H groups in total. The molecule has 0 atom stereocenters. The number of rotatable bonds is 3. The van der Waals surface area contributed by atoms with Crippen LogP contribution in [0.2, 0.25) is 0 Å². The minimum atomic E-state index is 0. The molecule has 0 bridgehead atoms. The maximum absolute atomic E-state index is 7.50. The fraction of sp³-hybridized carbons (Fsp3) is 0.818. The first-order valence-corrected chi connectivity index (χ1v) is 11.6. The van der Waals surface area contributed by atoms with Crippen molar-refractivity contribution in [3.63, 3.8) is 0 Å². The molecule has 0 aliphatic heterocycles. The predicted molar refractivity (Wildman–Crippen MR) is 110 cm³/mol. The van der Waals surface area contributed by atoms with E-state index in [1.165, 1.54) is 36.2 Å². The number of hydrogen-bond acceptors (Lipinski definition) is 4. The van der Waals surface area contributed by atoms with E-state index in [-0.39, 0.29) is 17.1 Å². The molecule has 4 nitrogen and oxygen atoms in total. The van der Waals surface area contributed by atoms with E-state index in [0.717, 1.165) is 0 Å². The Bertz CT molecular complexity index is 267. The van der Waals surface area contributed by atoms with Crippen molar-refractivity contribution in [2.24, 2.45) is 0 Å². The second-order valence-electron chi connectivity index (χ2n) is 7.32. The van der Waals surface area contributed by atoms with Gasteiger partial charge in [-0.05, 0) is 55.5 Å².